The molecule has 0 aliphatic rings. The number of hydrogen-bond acceptors (Lipinski definition) is 2. The van der Waals surface area contributed by atoms with Gasteiger partial charge in [-0.05, 0) is 38.5 Å². The van der Waals surface area contributed by atoms with Crippen molar-refractivity contribution in [2.24, 2.45) is 0 Å². The van der Waals surface area contributed by atoms with Gasteiger partial charge in [-0.3, -0.25) is 0 Å². The molecule has 1 aromatic carbocycles. The molecule has 0 spiro atoms. The lowest BCUT2D eigenvalue weighted by Gasteiger charge is -2.16. The van der Waals surface area contributed by atoms with Crippen molar-refractivity contribution in [3.8, 4) is 0 Å². The molecule has 3 nitrogen and oxygen atoms in total. The highest BCUT2D eigenvalue weighted by Crippen LogP contribution is 2.21. The first-order chi connectivity index (χ1) is 8.60. The minimum atomic E-state index is 0.177. The highest BCUT2D eigenvalue weighted by Gasteiger charge is 2.10. The molecule has 1 N–H and O–H groups in total. The quantitative estimate of drug-likeness (QED) is 0.902. The van der Waals surface area contributed by atoms with Crippen molar-refractivity contribution >= 4 is 17.5 Å². The molecule has 1 heterocycles. The Kier molecular flexibility index (Phi) is 3.92. The number of anilines is 1. The maximum atomic E-state index is 6.01. The van der Waals surface area contributed by atoms with E-state index in [4.69, 9.17) is 11.6 Å². The van der Waals surface area contributed by atoms with E-state index >= 15 is 0 Å². The van der Waals surface area contributed by atoms with Crippen LogP contribution in [0.15, 0.2) is 30.5 Å². The predicted molar refractivity (Wildman–Crippen MR) is 76.1 cm³/mol. The van der Waals surface area contributed by atoms with Gasteiger partial charge in [0.05, 0.1) is 11.7 Å². The van der Waals surface area contributed by atoms with Gasteiger partial charge in [-0.1, -0.05) is 23.7 Å². The summed E-state index contributed by atoms with van der Waals surface area (Å²) < 4.78 is 2.11. The summed E-state index contributed by atoms with van der Waals surface area (Å²) in [6, 6.07) is 8.07. The van der Waals surface area contributed by atoms with Gasteiger partial charge >= 0.3 is 0 Å². The molecule has 0 fully saturated rings. The van der Waals surface area contributed by atoms with Gasteiger partial charge in [0, 0.05) is 17.8 Å². The van der Waals surface area contributed by atoms with Crippen LogP contribution in [0.2, 0.25) is 5.02 Å². The van der Waals surface area contributed by atoms with Gasteiger partial charge in [0.25, 0.3) is 0 Å². The average Bonchev–Trinajstić information content (AvgIpc) is 2.69. The zero-order valence-electron chi connectivity index (χ0n) is 10.9. The fraction of sp³-hybridized carbons (Fsp3) is 0.357. The molecule has 4 heteroatoms. The predicted octanol–water partition coefficient (Wildman–Crippen LogP) is 4.04. The van der Waals surface area contributed by atoms with E-state index in [1.807, 2.05) is 31.3 Å². The Morgan fingerprint density at radius 2 is 2.22 bits per heavy atom. The lowest BCUT2D eigenvalue weighted by Crippen LogP contribution is -2.11. The number of benzene rings is 1. The van der Waals surface area contributed by atoms with Crippen molar-refractivity contribution < 1.29 is 0 Å². The number of aryl methyl sites for hydroxylation is 2. The van der Waals surface area contributed by atoms with Gasteiger partial charge in [-0.25, -0.2) is 4.98 Å². The summed E-state index contributed by atoms with van der Waals surface area (Å²) >= 11 is 6.01. The second kappa shape index (κ2) is 5.44. The molecule has 2 aromatic rings. The normalized spacial score (nSPS) is 12.4. The number of nitrogens with one attached hydrogen (secondary N) is 1. The van der Waals surface area contributed by atoms with Crippen molar-refractivity contribution in [3.63, 3.8) is 0 Å². The summed E-state index contributed by atoms with van der Waals surface area (Å²) in [5.41, 5.74) is 2.18. The number of hydrogen-bond donors (Lipinski definition) is 1. The van der Waals surface area contributed by atoms with Gasteiger partial charge in [0.1, 0.15) is 0 Å². The Morgan fingerprint density at radius 3 is 2.89 bits per heavy atom. The van der Waals surface area contributed by atoms with E-state index in [1.165, 1.54) is 0 Å². The van der Waals surface area contributed by atoms with Crippen molar-refractivity contribution in [2.75, 3.05) is 5.32 Å². The first-order valence-electron chi connectivity index (χ1n) is 6.16. The monoisotopic (exact) mass is 263 g/mol. The molecular formula is C14H18ClN3. The summed E-state index contributed by atoms with van der Waals surface area (Å²) in [5.74, 6) is 0.905. The van der Waals surface area contributed by atoms with Crippen molar-refractivity contribution in [2.45, 2.75) is 33.4 Å². The van der Waals surface area contributed by atoms with Crippen molar-refractivity contribution in [1.29, 1.82) is 0 Å². The van der Waals surface area contributed by atoms with Crippen LogP contribution >= 0.6 is 11.6 Å². The molecule has 1 aromatic heterocycles. The standard InChI is InChI=1S/C14H18ClN3/c1-4-18-9-10(2)16-14(18)17-11(3)12-6-5-7-13(15)8-12/h5-9,11H,4H2,1-3H3,(H,16,17). The number of imidazole rings is 1. The minimum absolute atomic E-state index is 0.177. The molecule has 2 rings (SSSR count). The molecule has 18 heavy (non-hydrogen) atoms. The van der Waals surface area contributed by atoms with E-state index < -0.39 is 0 Å². The van der Waals surface area contributed by atoms with Crippen LogP contribution in [0, 0.1) is 6.92 Å². The highest BCUT2D eigenvalue weighted by atomic mass is 35.5. The van der Waals surface area contributed by atoms with Crippen LogP contribution in [-0.2, 0) is 6.54 Å². The molecule has 0 bridgehead atoms. The zero-order chi connectivity index (χ0) is 13.1. The first-order valence-corrected chi connectivity index (χ1v) is 6.53. The van der Waals surface area contributed by atoms with E-state index in [1.54, 1.807) is 0 Å². The van der Waals surface area contributed by atoms with Crippen molar-refractivity contribution in [1.82, 2.24) is 9.55 Å². The van der Waals surface area contributed by atoms with Crippen LogP contribution in [-0.4, -0.2) is 9.55 Å². The van der Waals surface area contributed by atoms with Crippen LogP contribution in [0.3, 0.4) is 0 Å². The summed E-state index contributed by atoms with van der Waals surface area (Å²) in [6.45, 7) is 7.12. The number of nitrogens with zero attached hydrogens (tertiary/aromatic N) is 2. The summed E-state index contributed by atoms with van der Waals surface area (Å²) in [5, 5.41) is 4.18. The van der Waals surface area contributed by atoms with E-state index in [0.29, 0.717) is 0 Å². The highest BCUT2D eigenvalue weighted by molar-refractivity contribution is 6.30. The van der Waals surface area contributed by atoms with Gasteiger partial charge in [0.15, 0.2) is 0 Å². The lowest BCUT2D eigenvalue weighted by atomic mass is 10.1. The van der Waals surface area contributed by atoms with Gasteiger partial charge in [0.2, 0.25) is 5.95 Å². The zero-order valence-corrected chi connectivity index (χ0v) is 11.7. The third-order valence-corrected chi connectivity index (χ3v) is 3.17. The molecular weight excluding hydrogens is 246 g/mol. The summed E-state index contributed by atoms with van der Waals surface area (Å²) in [7, 11) is 0. The van der Waals surface area contributed by atoms with Gasteiger partial charge < -0.3 is 9.88 Å². The minimum Gasteiger partial charge on any atom is -0.349 e. The topological polar surface area (TPSA) is 29.9 Å². The Bertz CT molecular complexity index is 534. The maximum absolute atomic E-state index is 6.01. The van der Waals surface area contributed by atoms with E-state index in [9.17, 15) is 0 Å². The van der Waals surface area contributed by atoms with Crippen LogP contribution in [0.1, 0.15) is 31.1 Å². The third-order valence-electron chi connectivity index (χ3n) is 2.93. The molecule has 0 amide bonds. The van der Waals surface area contributed by atoms with E-state index in [-0.39, 0.29) is 6.04 Å². The second-order valence-corrected chi connectivity index (χ2v) is 4.85. The fourth-order valence-electron chi connectivity index (χ4n) is 1.96. The maximum Gasteiger partial charge on any atom is 0.203 e. The molecule has 0 radical (unpaired) electrons. The number of aromatic nitrogens is 2. The molecule has 1 atom stereocenters. The largest absolute Gasteiger partial charge is 0.349 e. The Hall–Kier alpha value is -1.48. The average molecular weight is 264 g/mol. The van der Waals surface area contributed by atoms with E-state index in [2.05, 4.69) is 34.8 Å². The Balaban J connectivity index is 2.18. The molecule has 96 valence electrons. The van der Waals surface area contributed by atoms with E-state index in [0.717, 1.165) is 28.8 Å². The van der Waals surface area contributed by atoms with Crippen LogP contribution in [0.4, 0.5) is 5.95 Å². The molecule has 0 aliphatic carbocycles. The summed E-state index contributed by atoms with van der Waals surface area (Å²) in [4.78, 5) is 4.49. The van der Waals surface area contributed by atoms with Gasteiger partial charge in [-0.2, -0.15) is 0 Å². The van der Waals surface area contributed by atoms with Gasteiger partial charge in [-0.15, -0.1) is 0 Å². The Morgan fingerprint density at radius 1 is 1.44 bits per heavy atom. The molecule has 0 saturated carbocycles. The Labute approximate surface area is 113 Å². The summed E-state index contributed by atoms with van der Waals surface area (Å²) in [6.07, 6.45) is 2.05. The molecule has 0 aliphatic heterocycles. The second-order valence-electron chi connectivity index (χ2n) is 4.41. The lowest BCUT2D eigenvalue weighted by molar-refractivity contribution is 0.744. The van der Waals surface area contributed by atoms with Crippen LogP contribution in [0.5, 0.6) is 0 Å². The third kappa shape index (κ3) is 2.85. The number of rotatable bonds is 4. The van der Waals surface area contributed by atoms with Crippen LogP contribution < -0.4 is 5.32 Å². The van der Waals surface area contributed by atoms with Crippen LogP contribution in [0.25, 0.3) is 0 Å². The molecule has 1 unspecified atom stereocenters. The fourth-order valence-corrected chi connectivity index (χ4v) is 2.15. The number of halogens is 1. The SMILES string of the molecule is CCn1cc(C)nc1NC(C)c1cccc(Cl)c1. The molecule has 0 saturated heterocycles. The smallest absolute Gasteiger partial charge is 0.203 e. The first kappa shape index (κ1) is 13.0. The van der Waals surface area contributed by atoms with Crippen molar-refractivity contribution in [3.05, 3.63) is 46.7 Å².